The Morgan fingerprint density at radius 2 is 2.09 bits per heavy atom. The highest BCUT2D eigenvalue weighted by Gasteiger charge is 2.52. The van der Waals surface area contributed by atoms with Crippen molar-refractivity contribution in [1.29, 1.82) is 0 Å². The first-order chi connectivity index (χ1) is 10.4. The van der Waals surface area contributed by atoms with Crippen LogP contribution in [-0.2, 0) is 14.3 Å². The van der Waals surface area contributed by atoms with Gasteiger partial charge in [0.25, 0.3) is 5.91 Å². The molecule has 0 unspecified atom stereocenters. The predicted molar refractivity (Wildman–Crippen MR) is 86.8 cm³/mol. The van der Waals surface area contributed by atoms with E-state index in [9.17, 15) is 14.7 Å². The number of rotatable bonds is 7. The van der Waals surface area contributed by atoms with Crippen LogP contribution in [0.3, 0.4) is 0 Å². The monoisotopic (exact) mass is 367 g/mol. The van der Waals surface area contributed by atoms with Crippen molar-refractivity contribution >= 4 is 33.3 Å². The molecule has 0 radical (unpaired) electrons. The van der Waals surface area contributed by atoms with Crippen molar-refractivity contribution in [2.24, 2.45) is 0 Å². The number of β-lactam (4-membered cyclic amide) rings is 1. The zero-order valence-corrected chi connectivity index (χ0v) is 13.8. The Morgan fingerprint density at radius 1 is 1.45 bits per heavy atom. The number of aliphatic hydroxyl groups excluding tert-OH is 1. The Bertz CT molecular complexity index is 575. The summed E-state index contributed by atoms with van der Waals surface area (Å²) >= 11 is 3.17. The second-order valence-electron chi connectivity index (χ2n) is 5.26. The van der Waals surface area contributed by atoms with Crippen molar-refractivity contribution in [2.45, 2.75) is 31.6 Å². The summed E-state index contributed by atoms with van der Waals surface area (Å²) in [7, 11) is 0. The summed E-state index contributed by atoms with van der Waals surface area (Å²) in [5.41, 5.74) is 0.678. The number of benzene rings is 1. The smallest absolute Gasteiger partial charge is 0.258 e. The van der Waals surface area contributed by atoms with Gasteiger partial charge in [0.15, 0.2) is 6.10 Å². The van der Waals surface area contributed by atoms with Crippen molar-refractivity contribution in [3.05, 3.63) is 41.4 Å². The van der Waals surface area contributed by atoms with E-state index >= 15 is 0 Å². The molecule has 0 bridgehead atoms. The van der Waals surface area contributed by atoms with E-state index in [0.29, 0.717) is 10.2 Å². The highest BCUT2D eigenvalue weighted by molar-refractivity contribution is 9.11. The molecule has 1 aromatic carbocycles. The lowest BCUT2D eigenvalue weighted by Gasteiger charge is -2.48. The van der Waals surface area contributed by atoms with Crippen LogP contribution >= 0.6 is 15.9 Å². The molecule has 1 aromatic rings. The molecule has 1 N–H and O–H groups in total. The Hall–Kier alpha value is -1.50. The molecule has 5 nitrogen and oxygen atoms in total. The first-order valence-corrected chi connectivity index (χ1v) is 7.71. The fourth-order valence-electron chi connectivity index (χ4n) is 2.51. The van der Waals surface area contributed by atoms with Crippen LogP contribution in [0, 0.1) is 0 Å². The van der Waals surface area contributed by atoms with Gasteiger partial charge in [-0.25, -0.2) is 0 Å². The van der Waals surface area contributed by atoms with Crippen molar-refractivity contribution in [3.63, 3.8) is 0 Å². The summed E-state index contributed by atoms with van der Waals surface area (Å²) in [5, 5.41) is 10.3. The number of hydrogen-bond acceptors (Lipinski definition) is 4. The summed E-state index contributed by atoms with van der Waals surface area (Å²) in [6, 6.07) is 8.45. The lowest BCUT2D eigenvalue weighted by molar-refractivity contribution is -0.147. The van der Waals surface area contributed by atoms with Crippen LogP contribution in [0.1, 0.15) is 13.3 Å². The lowest BCUT2D eigenvalue weighted by Crippen LogP contribution is -2.70. The number of carbonyl (C=O) groups is 2. The largest absolute Gasteiger partial charge is 0.390 e. The Balaban J connectivity index is 2.19. The van der Waals surface area contributed by atoms with Crippen molar-refractivity contribution < 1.29 is 19.4 Å². The molecule has 1 heterocycles. The standard InChI is InChI=1S/C16H18BrNO4/c1-10(17)9-22-15-14(13(20)8-11(2)19)18(16(15)21)12-6-4-3-5-7-12/h3-7,13-15,20H,1,8-9H2,2H3/t13-,14+,15-/m1/s1. The Kier molecular flexibility index (Phi) is 5.50. The van der Waals surface area contributed by atoms with Crippen molar-refractivity contribution in [1.82, 2.24) is 0 Å². The van der Waals surface area contributed by atoms with Gasteiger partial charge in [-0.05, 0) is 19.1 Å². The fraction of sp³-hybridized carbons (Fsp3) is 0.375. The molecule has 0 aromatic heterocycles. The van der Waals surface area contributed by atoms with E-state index in [-0.39, 0.29) is 24.7 Å². The third-order valence-corrected chi connectivity index (χ3v) is 3.66. The minimum absolute atomic E-state index is 0.0175. The predicted octanol–water partition coefficient (Wildman–Crippen LogP) is 2.04. The molecule has 0 saturated carbocycles. The first kappa shape index (κ1) is 16.9. The maximum atomic E-state index is 12.3. The van der Waals surface area contributed by atoms with Gasteiger partial charge in [0.05, 0.1) is 18.8 Å². The summed E-state index contributed by atoms with van der Waals surface area (Å²) in [6.07, 6.45) is -1.76. The molecule has 1 aliphatic rings. The van der Waals surface area contributed by atoms with Crippen molar-refractivity contribution in [2.75, 3.05) is 11.5 Å². The number of Topliss-reactive ketones (excluding diaryl/α,β-unsaturated/α-hetero) is 1. The van der Waals surface area contributed by atoms with Gasteiger partial charge < -0.3 is 14.7 Å². The number of aliphatic hydroxyl groups is 1. The van der Waals surface area contributed by atoms with Crippen LogP contribution in [0.2, 0.25) is 0 Å². The summed E-state index contributed by atoms with van der Waals surface area (Å²) in [6.45, 7) is 5.23. The van der Waals surface area contributed by atoms with Crippen LogP contribution in [0.5, 0.6) is 0 Å². The maximum Gasteiger partial charge on any atom is 0.258 e. The van der Waals surface area contributed by atoms with Crippen LogP contribution in [0.25, 0.3) is 0 Å². The molecule has 1 fully saturated rings. The van der Waals surface area contributed by atoms with E-state index in [1.54, 1.807) is 12.1 Å². The second kappa shape index (κ2) is 7.17. The van der Waals surface area contributed by atoms with E-state index in [1.165, 1.54) is 11.8 Å². The minimum Gasteiger partial charge on any atom is -0.390 e. The highest BCUT2D eigenvalue weighted by Crippen LogP contribution is 2.33. The quantitative estimate of drug-likeness (QED) is 0.748. The second-order valence-corrected chi connectivity index (χ2v) is 6.38. The molecule has 22 heavy (non-hydrogen) atoms. The number of amides is 1. The van der Waals surface area contributed by atoms with Crippen molar-refractivity contribution in [3.8, 4) is 0 Å². The first-order valence-electron chi connectivity index (χ1n) is 6.92. The number of anilines is 1. The van der Waals surface area contributed by atoms with Gasteiger partial charge in [-0.2, -0.15) is 0 Å². The van der Waals surface area contributed by atoms with Crippen LogP contribution in [0.4, 0.5) is 5.69 Å². The Labute approximate surface area is 137 Å². The molecular weight excluding hydrogens is 350 g/mol. The number of halogens is 1. The summed E-state index contributed by atoms with van der Waals surface area (Å²) in [5.74, 6) is -0.365. The van der Waals surface area contributed by atoms with E-state index in [0.717, 1.165) is 0 Å². The van der Waals surface area contributed by atoms with E-state index < -0.39 is 18.2 Å². The maximum absolute atomic E-state index is 12.3. The number of nitrogens with zero attached hydrogens (tertiary/aromatic N) is 1. The number of hydrogen-bond donors (Lipinski definition) is 1. The zero-order valence-electron chi connectivity index (χ0n) is 12.2. The topological polar surface area (TPSA) is 66.8 Å². The summed E-state index contributed by atoms with van der Waals surface area (Å²) in [4.78, 5) is 25.1. The highest BCUT2D eigenvalue weighted by atomic mass is 79.9. The Morgan fingerprint density at radius 3 is 2.64 bits per heavy atom. The molecule has 2 rings (SSSR count). The third kappa shape index (κ3) is 3.63. The molecular formula is C16H18BrNO4. The number of carbonyl (C=O) groups excluding carboxylic acids is 2. The van der Waals surface area contributed by atoms with Gasteiger partial charge in [0, 0.05) is 16.6 Å². The number of para-hydroxylation sites is 1. The molecule has 1 saturated heterocycles. The minimum atomic E-state index is -0.969. The fourth-order valence-corrected chi connectivity index (χ4v) is 2.64. The molecule has 1 aliphatic heterocycles. The molecule has 118 valence electrons. The van der Waals surface area contributed by atoms with Crippen LogP contribution in [0.15, 0.2) is 41.4 Å². The van der Waals surface area contributed by atoms with Gasteiger partial charge >= 0.3 is 0 Å². The summed E-state index contributed by atoms with van der Waals surface area (Å²) < 4.78 is 6.12. The van der Waals surface area contributed by atoms with Gasteiger partial charge in [-0.15, -0.1) is 0 Å². The van der Waals surface area contributed by atoms with Gasteiger partial charge in [-0.1, -0.05) is 40.7 Å². The molecule has 6 heteroatoms. The number of ketones is 1. The van der Waals surface area contributed by atoms with E-state index in [1.807, 2.05) is 18.2 Å². The molecule has 0 aliphatic carbocycles. The van der Waals surface area contributed by atoms with E-state index in [4.69, 9.17) is 4.74 Å². The van der Waals surface area contributed by atoms with Crippen LogP contribution in [-0.4, -0.2) is 41.7 Å². The average Bonchev–Trinajstić information content (AvgIpc) is 2.44. The van der Waals surface area contributed by atoms with Crippen LogP contribution < -0.4 is 4.90 Å². The SMILES string of the molecule is C=C(Br)CO[C@H]1C(=O)N(c2ccccc2)[C@H]1[C@H](O)CC(C)=O. The lowest BCUT2D eigenvalue weighted by atomic mass is 9.89. The molecule has 1 amide bonds. The molecule has 3 atom stereocenters. The third-order valence-electron chi connectivity index (χ3n) is 3.43. The van der Waals surface area contributed by atoms with Gasteiger partial charge in [0.2, 0.25) is 0 Å². The number of ether oxygens (including phenoxy) is 1. The van der Waals surface area contributed by atoms with E-state index in [2.05, 4.69) is 22.5 Å². The zero-order chi connectivity index (χ0) is 16.3. The van der Waals surface area contributed by atoms with Gasteiger partial charge in [0.1, 0.15) is 5.78 Å². The molecule has 0 spiro atoms. The van der Waals surface area contributed by atoms with Gasteiger partial charge in [-0.3, -0.25) is 9.59 Å². The normalized spacial score (nSPS) is 22.1. The average molecular weight is 368 g/mol.